The van der Waals surface area contributed by atoms with Crippen molar-refractivity contribution in [2.45, 2.75) is 13.0 Å². The maximum atomic E-state index is 5.92. The minimum absolute atomic E-state index is 0.767. The van der Waals surface area contributed by atoms with Crippen LogP contribution in [0.15, 0.2) is 24.3 Å². The second kappa shape index (κ2) is 4.17. The number of hydrogen-bond donors (Lipinski definition) is 1. The van der Waals surface area contributed by atoms with E-state index >= 15 is 0 Å². The molecular formula is C13H14ClN3. The first kappa shape index (κ1) is 10.8. The van der Waals surface area contributed by atoms with Crippen molar-refractivity contribution in [3.63, 3.8) is 0 Å². The molecule has 0 radical (unpaired) electrons. The highest BCUT2D eigenvalue weighted by Crippen LogP contribution is 2.28. The van der Waals surface area contributed by atoms with Gasteiger partial charge >= 0.3 is 0 Å². The van der Waals surface area contributed by atoms with E-state index in [4.69, 9.17) is 11.6 Å². The summed E-state index contributed by atoms with van der Waals surface area (Å²) in [5.41, 5.74) is 4.91. The summed E-state index contributed by atoms with van der Waals surface area (Å²) in [6, 6.07) is 7.95. The molecule has 1 aromatic heterocycles. The number of fused-ring (bicyclic) bond motifs is 1. The predicted molar refractivity (Wildman–Crippen MR) is 69.1 cm³/mol. The van der Waals surface area contributed by atoms with Crippen molar-refractivity contribution in [1.29, 1.82) is 0 Å². The zero-order valence-electron chi connectivity index (χ0n) is 9.70. The van der Waals surface area contributed by atoms with Crippen LogP contribution in [0.2, 0.25) is 5.02 Å². The number of nitrogens with one attached hydrogen (secondary N) is 1. The van der Waals surface area contributed by atoms with Gasteiger partial charge in [-0.15, -0.1) is 0 Å². The van der Waals surface area contributed by atoms with Gasteiger partial charge in [-0.1, -0.05) is 23.7 Å². The van der Waals surface area contributed by atoms with E-state index in [9.17, 15) is 0 Å². The number of aryl methyl sites for hydroxylation is 1. The molecule has 17 heavy (non-hydrogen) atoms. The molecule has 4 heteroatoms. The highest BCUT2D eigenvalue weighted by atomic mass is 35.5. The van der Waals surface area contributed by atoms with E-state index in [1.54, 1.807) is 0 Å². The molecule has 0 aliphatic carbocycles. The zero-order chi connectivity index (χ0) is 11.8. The maximum Gasteiger partial charge on any atom is 0.0726 e. The van der Waals surface area contributed by atoms with Gasteiger partial charge in [-0.25, -0.2) is 0 Å². The molecule has 0 saturated heterocycles. The van der Waals surface area contributed by atoms with Gasteiger partial charge in [0.05, 0.1) is 11.4 Å². The smallest absolute Gasteiger partial charge is 0.0726 e. The van der Waals surface area contributed by atoms with Gasteiger partial charge in [0.2, 0.25) is 0 Å². The fourth-order valence-electron chi connectivity index (χ4n) is 2.40. The Labute approximate surface area is 105 Å². The van der Waals surface area contributed by atoms with Gasteiger partial charge in [-0.2, -0.15) is 5.10 Å². The number of benzene rings is 1. The van der Waals surface area contributed by atoms with Crippen molar-refractivity contribution < 1.29 is 0 Å². The number of hydrogen-bond acceptors (Lipinski definition) is 2. The minimum Gasteiger partial charge on any atom is -0.312 e. The Bertz CT molecular complexity index is 543. The monoisotopic (exact) mass is 247 g/mol. The lowest BCUT2D eigenvalue weighted by Crippen LogP contribution is -2.23. The van der Waals surface area contributed by atoms with Crippen LogP contribution in [-0.4, -0.2) is 16.3 Å². The quantitative estimate of drug-likeness (QED) is 0.839. The van der Waals surface area contributed by atoms with Crippen molar-refractivity contribution in [3.8, 4) is 11.3 Å². The van der Waals surface area contributed by atoms with E-state index in [-0.39, 0.29) is 0 Å². The van der Waals surface area contributed by atoms with E-state index in [0.29, 0.717) is 0 Å². The molecule has 0 amide bonds. The van der Waals surface area contributed by atoms with E-state index < -0.39 is 0 Å². The van der Waals surface area contributed by atoms with Crippen LogP contribution >= 0.6 is 11.6 Å². The molecule has 0 atom stereocenters. The van der Waals surface area contributed by atoms with Gasteiger partial charge in [-0.05, 0) is 12.1 Å². The van der Waals surface area contributed by atoms with Gasteiger partial charge in [0.15, 0.2) is 0 Å². The van der Waals surface area contributed by atoms with E-state index in [1.165, 1.54) is 22.5 Å². The topological polar surface area (TPSA) is 29.9 Å². The van der Waals surface area contributed by atoms with Gasteiger partial charge in [0.25, 0.3) is 0 Å². The number of aromatic nitrogens is 2. The largest absolute Gasteiger partial charge is 0.312 e. The summed E-state index contributed by atoms with van der Waals surface area (Å²) < 4.78 is 1.97. The predicted octanol–water partition coefficient (Wildman–Crippen LogP) is 2.39. The number of nitrogens with zero attached hydrogens (tertiary/aromatic N) is 2. The van der Waals surface area contributed by atoms with Crippen LogP contribution in [0, 0.1) is 0 Å². The Morgan fingerprint density at radius 1 is 1.29 bits per heavy atom. The second-order valence-electron chi connectivity index (χ2n) is 4.33. The standard InChI is InChI=1S/C13H14ClN3/c1-17-13(9-2-4-10(14)5-3-9)11-8-15-7-6-12(11)16-17/h2-5,15H,6-8H2,1H3. The molecule has 0 unspecified atom stereocenters. The van der Waals surface area contributed by atoms with E-state index in [1.807, 2.05) is 36.0 Å². The van der Waals surface area contributed by atoms with Crippen molar-refractivity contribution in [3.05, 3.63) is 40.5 Å². The molecule has 1 N–H and O–H groups in total. The van der Waals surface area contributed by atoms with E-state index in [0.717, 1.165) is 24.5 Å². The lowest BCUT2D eigenvalue weighted by atomic mass is 10.0. The Kier molecular flexibility index (Phi) is 2.65. The molecule has 0 saturated carbocycles. The summed E-state index contributed by atoms with van der Waals surface area (Å²) in [4.78, 5) is 0. The van der Waals surface area contributed by atoms with Gasteiger partial charge in [0.1, 0.15) is 0 Å². The van der Waals surface area contributed by atoms with Crippen molar-refractivity contribution >= 4 is 11.6 Å². The van der Waals surface area contributed by atoms with E-state index in [2.05, 4.69) is 10.4 Å². The Morgan fingerprint density at radius 3 is 2.82 bits per heavy atom. The van der Waals surface area contributed by atoms with Crippen LogP contribution in [0.3, 0.4) is 0 Å². The minimum atomic E-state index is 0.767. The summed E-state index contributed by atoms with van der Waals surface area (Å²) >= 11 is 5.92. The zero-order valence-corrected chi connectivity index (χ0v) is 10.5. The first-order valence-corrected chi connectivity index (χ1v) is 6.15. The molecule has 3 nitrogen and oxygen atoms in total. The molecule has 1 aliphatic rings. The second-order valence-corrected chi connectivity index (χ2v) is 4.77. The third-order valence-corrected chi connectivity index (χ3v) is 3.44. The molecular weight excluding hydrogens is 234 g/mol. The molecule has 3 rings (SSSR count). The summed E-state index contributed by atoms with van der Waals surface area (Å²) in [7, 11) is 2.00. The number of halogens is 1. The molecule has 0 bridgehead atoms. The molecule has 0 fully saturated rings. The lowest BCUT2D eigenvalue weighted by molar-refractivity contribution is 0.633. The lowest BCUT2D eigenvalue weighted by Gasteiger charge is -2.13. The average molecular weight is 248 g/mol. The third kappa shape index (κ3) is 1.85. The summed E-state index contributed by atoms with van der Waals surface area (Å²) in [5, 5.41) is 8.76. The summed E-state index contributed by atoms with van der Waals surface area (Å²) in [6.45, 7) is 1.92. The highest BCUT2D eigenvalue weighted by Gasteiger charge is 2.19. The Balaban J connectivity index is 2.13. The van der Waals surface area contributed by atoms with Gasteiger partial charge < -0.3 is 5.32 Å². The molecule has 2 heterocycles. The van der Waals surface area contributed by atoms with Crippen LogP contribution < -0.4 is 5.32 Å². The fraction of sp³-hybridized carbons (Fsp3) is 0.308. The number of rotatable bonds is 1. The first-order chi connectivity index (χ1) is 8.25. The SMILES string of the molecule is Cn1nc2c(c1-c1ccc(Cl)cc1)CNCC2. The van der Waals surface area contributed by atoms with Crippen molar-refractivity contribution in [1.82, 2.24) is 15.1 Å². The summed E-state index contributed by atoms with van der Waals surface area (Å²) in [6.07, 6.45) is 1.01. The van der Waals surface area contributed by atoms with Gasteiger partial charge in [-0.3, -0.25) is 4.68 Å². The molecule has 1 aromatic carbocycles. The first-order valence-electron chi connectivity index (χ1n) is 5.77. The molecule has 0 spiro atoms. The Hall–Kier alpha value is -1.32. The highest BCUT2D eigenvalue weighted by molar-refractivity contribution is 6.30. The van der Waals surface area contributed by atoms with Crippen LogP contribution in [-0.2, 0) is 20.0 Å². The van der Waals surface area contributed by atoms with Crippen LogP contribution in [0.25, 0.3) is 11.3 Å². The third-order valence-electron chi connectivity index (χ3n) is 3.19. The normalized spacial score (nSPS) is 14.7. The summed E-state index contributed by atoms with van der Waals surface area (Å²) in [5.74, 6) is 0. The van der Waals surface area contributed by atoms with Crippen LogP contribution in [0.4, 0.5) is 0 Å². The van der Waals surface area contributed by atoms with Gasteiger partial charge in [0, 0.05) is 42.7 Å². The van der Waals surface area contributed by atoms with Crippen molar-refractivity contribution in [2.24, 2.45) is 7.05 Å². The molecule has 1 aliphatic heterocycles. The molecule has 2 aromatic rings. The van der Waals surface area contributed by atoms with Crippen molar-refractivity contribution in [2.75, 3.05) is 6.54 Å². The maximum absolute atomic E-state index is 5.92. The fourth-order valence-corrected chi connectivity index (χ4v) is 2.53. The molecule has 88 valence electrons. The average Bonchev–Trinajstić information content (AvgIpc) is 2.66. The van der Waals surface area contributed by atoms with Crippen LogP contribution in [0.1, 0.15) is 11.3 Å². The Morgan fingerprint density at radius 2 is 2.06 bits per heavy atom. The van der Waals surface area contributed by atoms with Crippen LogP contribution in [0.5, 0.6) is 0 Å².